The summed E-state index contributed by atoms with van der Waals surface area (Å²) in [6.07, 6.45) is 0. The Morgan fingerprint density at radius 3 is 1.62 bits per heavy atom. The first-order valence-electron chi connectivity index (χ1n) is 16.2. The molecular formula is C45H25N5. The normalized spacial score (nSPS) is 11.1. The number of hydrogen-bond donors (Lipinski definition) is 0. The van der Waals surface area contributed by atoms with Crippen LogP contribution in [0.25, 0.3) is 82.1 Å². The van der Waals surface area contributed by atoms with Gasteiger partial charge in [0.25, 0.3) is 0 Å². The zero-order valence-electron chi connectivity index (χ0n) is 26.7. The minimum absolute atomic E-state index is 0.539. The first-order valence-corrected chi connectivity index (χ1v) is 16.2. The number of benzene rings is 7. The van der Waals surface area contributed by atoms with Gasteiger partial charge in [0, 0.05) is 27.4 Å². The van der Waals surface area contributed by atoms with Gasteiger partial charge in [-0.05, 0) is 94.9 Å². The van der Waals surface area contributed by atoms with Crippen molar-refractivity contribution in [2.75, 3.05) is 0 Å². The van der Waals surface area contributed by atoms with Crippen LogP contribution in [0.15, 0.2) is 152 Å². The largest absolute Gasteiger partial charge is 0.309 e. The summed E-state index contributed by atoms with van der Waals surface area (Å²) in [5, 5.41) is 23.8. The highest BCUT2D eigenvalue weighted by molar-refractivity contribution is 6.11. The highest BCUT2D eigenvalue weighted by Gasteiger charge is 2.18. The van der Waals surface area contributed by atoms with Crippen LogP contribution in [0.4, 0.5) is 5.69 Å². The van der Waals surface area contributed by atoms with E-state index in [-0.39, 0.29) is 0 Å². The maximum absolute atomic E-state index is 9.87. The van der Waals surface area contributed by atoms with E-state index in [0.717, 1.165) is 55.4 Å². The molecule has 9 rings (SSSR count). The van der Waals surface area contributed by atoms with Crippen LogP contribution in [0.5, 0.6) is 0 Å². The van der Waals surface area contributed by atoms with Gasteiger partial charge in [-0.3, -0.25) is 0 Å². The van der Waals surface area contributed by atoms with E-state index in [1.165, 1.54) is 21.8 Å². The average molecular weight is 636 g/mol. The number of hydrogen-bond acceptors (Lipinski definition) is 2. The average Bonchev–Trinajstić information content (AvgIpc) is 3.69. The van der Waals surface area contributed by atoms with Crippen molar-refractivity contribution in [1.29, 1.82) is 10.5 Å². The topological polar surface area (TPSA) is 61.8 Å². The minimum Gasteiger partial charge on any atom is -0.309 e. The van der Waals surface area contributed by atoms with Gasteiger partial charge in [0.1, 0.15) is 0 Å². The molecular weight excluding hydrogens is 611 g/mol. The van der Waals surface area contributed by atoms with E-state index in [1.807, 2.05) is 54.6 Å². The number of aromatic nitrogens is 2. The Kier molecular flexibility index (Phi) is 6.56. The fourth-order valence-electron chi connectivity index (χ4n) is 7.29. The van der Waals surface area contributed by atoms with Crippen LogP contribution in [-0.4, -0.2) is 9.13 Å². The highest BCUT2D eigenvalue weighted by Crippen LogP contribution is 2.39. The van der Waals surface area contributed by atoms with Gasteiger partial charge in [-0.2, -0.15) is 10.5 Å². The Morgan fingerprint density at radius 1 is 0.460 bits per heavy atom. The quantitative estimate of drug-likeness (QED) is 0.181. The summed E-state index contributed by atoms with van der Waals surface area (Å²) in [6, 6.07) is 55.8. The van der Waals surface area contributed by atoms with Crippen molar-refractivity contribution in [2.45, 2.75) is 0 Å². The maximum Gasteiger partial charge on any atom is 0.188 e. The molecule has 0 aliphatic rings. The second-order valence-corrected chi connectivity index (χ2v) is 12.3. The van der Waals surface area contributed by atoms with Crippen molar-refractivity contribution in [1.82, 2.24) is 9.13 Å². The van der Waals surface area contributed by atoms with E-state index in [0.29, 0.717) is 16.8 Å². The number of rotatable bonds is 4. The molecule has 0 saturated heterocycles. The molecule has 0 aliphatic heterocycles. The SMILES string of the molecule is [C-]#[N+]c1ccc2c(c1)c1cc(C#N)ccc1n2-c1ccc(C#N)cc1-c1ccc(-c2ccc(-n3c4ccccc4c4ccccc43)cc2)cc1. The Labute approximate surface area is 288 Å². The third kappa shape index (κ3) is 4.45. The van der Waals surface area contributed by atoms with Gasteiger partial charge in [-0.1, -0.05) is 78.9 Å². The summed E-state index contributed by atoms with van der Waals surface area (Å²) in [4.78, 5) is 3.65. The summed E-state index contributed by atoms with van der Waals surface area (Å²) in [5.74, 6) is 0. The zero-order valence-corrected chi connectivity index (χ0v) is 26.7. The second-order valence-electron chi connectivity index (χ2n) is 12.3. The molecule has 0 atom stereocenters. The van der Waals surface area contributed by atoms with Crippen LogP contribution in [0, 0.1) is 29.2 Å². The van der Waals surface area contributed by atoms with Crippen LogP contribution in [0.1, 0.15) is 11.1 Å². The van der Waals surface area contributed by atoms with E-state index in [4.69, 9.17) is 6.57 Å². The third-order valence-electron chi connectivity index (χ3n) is 9.61. The standard InChI is InChI=1S/C45H25N5/c1-48-34-18-23-45-40(26-34)39-25-30(28-47)11-22-44(39)50(45)43-21-10-29(27-46)24-38(43)33-14-12-31(13-15-33)32-16-19-35(20-17-32)49-41-8-4-2-6-36(41)37-7-3-5-9-42(37)49/h2-26H. The summed E-state index contributed by atoms with van der Waals surface area (Å²) < 4.78 is 4.48. The Hall–Kier alpha value is -7.39. The minimum atomic E-state index is 0.539. The molecule has 0 spiro atoms. The van der Waals surface area contributed by atoms with E-state index >= 15 is 0 Å². The van der Waals surface area contributed by atoms with Gasteiger partial charge in [-0.25, -0.2) is 4.85 Å². The molecule has 230 valence electrons. The van der Waals surface area contributed by atoms with Crippen molar-refractivity contribution in [3.63, 3.8) is 0 Å². The Morgan fingerprint density at radius 2 is 0.980 bits per heavy atom. The van der Waals surface area contributed by atoms with Gasteiger partial charge in [-0.15, -0.1) is 0 Å². The lowest BCUT2D eigenvalue weighted by Gasteiger charge is -2.15. The molecule has 2 heterocycles. The maximum atomic E-state index is 9.87. The smallest absolute Gasteiger partial charge is 0.188 e. The van der Waals surface area contributed by atoms with Gasteiger partial charge in [0.15, 0.2) is 5.69 Å². The van der Waals surface area contributed by atoms with Crippen molar-refractivity contribution in [3.05, 3.63) is 174 Å². The third-order valence-corrected chi connectivity index (χ3v) is 9.61. The Bertz CT molecular complexity index is 2810. The van der Waals surface area contributed by atoms with Gasteiger partial charge in [0.2, 0.25) is 0 Å². The number of nitriles is 2. The summed E-state index contributed by atoms with van der Waals surface area (Å²) in [6.45, 7) is 7.58. The van der Waals surface area contributed by atoms with Crippen molar-refractivity contribution >= 4 is 49.3 Å². The van der Waals surface area contributed by atoms with Crippen molar-refractivity contribution in [2.24, 2.45) is 0 Å². The number of fused-ring (bicyclic) bond motifs is 6. The van der Waals surface area contributed by atoms with E-state index in [1.54, 1.807) is 0 Å². The van der Waals surface area contributed by atoms with Crippen molar-refractivity contribution < 1.29 is 0 Å². The highest BCUT2D eigenvalue weighted by atomic mass is 15.0. The number of nitrogens with zero attached hydrogens (tertiary/aromatic N) is 5. The van der Waals surface area contributed by atoms with Crippen LogP contribution in [0.3, 0.4) is 0 Å². The molecule has 0 radical (unpaired) electrons. The van der Waals surface area contributed by atoms with Crippen molar-refractivity contribution in [3.8, 4) is 45.8 Å². The predicted molar refractivity (Wildman–Crippen MR) is 202 cm³/mol. The summed E-state index contributed by atoms with van der Waals surface area (Å²) in [7, 11) is 0. The fourth-order valence-corrected chi connectivity index (χ4v) is 7.29. The number of para-hydroxylation sites is 2. The molecule has 0 unspecified atom stereocenters. The molecule has 0 saturated carbocycles. The fraction of sp³-hybridized carbons (Fsp3) is 0. The van der Waals surface area contributed by atoms with Crippen LogP contribution >= 0.6 is 0 Å². The van der Waals surface area contributed by atoms with Crippen LogP contribution in [0.2, 0.25) is 0 Å². The van der Waals surface area contributed by atoms with Gasteiger partial charge >= 0.3 is 0 Å². The zero-order chi connectivity index (χ0) is 33.8. The lowest BCUT2D eigenvalue weighted by Crippen LogP contribution is -1.98. The first kappa shape index (κ1) is 28.8. The summed E-state index contributed by atoms with van der Waals surface area (Å²) in [5.41, 5.74) is 12.0. The Balaban J connectivity index is 1.14. The lowest BCUT2D eigenvalue weighted by molar-refractivity contribution is 1.18. The molecule has 2 aromatic heterocycles. The molecule has 7 aromatic carbocycles. The van der Waals surface area contributed by atoms with E-state index < -0.39 is 0 Å². The molecule has 5 heteroatoms. The molecule has 50 heavy (non-hydrogen) atoms. The molecule has 5 nitrogen and oxygen atoms in total. The molecule has 0 aliphatic carbocycles. The monoisotopic (exact) mass is 635 g/mol. The molecule has 9 aromatic rings. The van der Waals surface area contributed by atoms with Crippen LogP contribution in [-0.2, 0) is 0 Å². The lowest BCUT2D eigenvalue weighted by atomic mass is 9.97. The first-order chi connectivity index (χ1) is 24.6. The van der Waals surface area contributed by atoms with Gasteiger partial charge < -0.3 is 9.13 Å². The van der Waals surface area contributed by atoms with E-state index in [2.05, 4.69) is 123 Å². The molecule has 0 N–H and O–H groups in total. The van der Waals surface area contributed by atoms with Crippen LogP contribution < -0.4 is 0 Å². The molecule has 0 amide bonds. The van der Waals surface area contributed by atoms with E-state index in [9.17, 15) is 10.5 Å². The summed E-state index contributed by atoms with van der Waals surface area (Å²) >= 11 is 0. The van der Waals surface area contributed by atoms with Gasteiger partial charge in [0.05, 0.1) is 57.6 Å². The predicted octanol–water partition coefficient (Wildman–Crippen LogP) is 11.5. The molecule has 0 fully saturated rings. The second kappa shape index (κ2) is 11.4. The molecule has 0 bridgehead atoms.